The van der Waals surface area contributed by atoms with E-state index in [1.165, 1.54) is 6.08 Å². The Morgan fingerprint density at radius 2 is 2.42 bits per heavy atom. The molecule has 1 unspecified atom stereocenters. The molecule has 6 nitrogen and oxygen atoms in total. The summed E-state index contributed by atoms with van der Waals surface area (Å²) < 4.78 is 4.98. The molecule has 1 heterocycles. The number of hydrogen-bond acceptors (Lipinski definition) is 5. The van der Waals surface area contributed by atoms with E-state index < -0.39 is 17.0 Å². The highest BCUT2D eigenvalue weighted by molar-refractivity contribution is 7.80. The van der Waals surface area contributed by atoms with Crippen LogP contribution in [0.25, 0.3) is 0 Å². The summed E-state index contributed by atoms with van der Waals surface area (Å²) in [4.78, 5) is 24.2. The van der Waals surface area contributed by atoms with Gasteiger partial charge >= 0.3 is 5.97 Å². The van der Waals surface area contributed by atoms with Crippen molar-refractivity contribution in [1.29, 1.82) is 0 Å². The maximum absolute atomic E-state index is 11.8. The molecule has 0 radical (unpaired) electrons. The maximum atomic E-state index is 11.8. The Kier molecular flexibility index (Phi) is 5.88. The minimum absolute atomic E-state index is 0.165. The zero-order valence-corrected chi connectivity index (χ0v) is 11.7. The molecule has 1 aliphatic rings. The van der Waals surface area contributed by atoms with Crippen molar-refractivity contribution < 1.29 is 14.5 Å². The summed E-state index contributed by atoms with van der Waals surface area (Å²) in [5.74, 6) is -0.358. The van der Waals surface area contributed by atoms with Crippen LogP contribution < -0.4 is 0 Å². The van der Waals surface area contributed by atoms with Gasteiger partial charge in [-0.1, -0.05) is 18.3 Å². The molecule has 0 aromatic rings. The first-order valence-electron chi connectivity index (χ1n) is 6.24. The lowest BCUT2D eigenvalue weighted by atomic mass is 10.1. The number of thiocarbonyl (C=S) groups is 1. The Bertz CT molecular complexity index is 386. The molecule has 0 aromatic carbocycles. The minimum atomic E-state index is -0.998. The lowest BCUT2D eigenvalue weighted by molar-refractivity contribution is -0.502. The highest BCUT2D eigenvalue weighted by atomic mass is 32.1. The van der Waals surface area contributed by atoms with Crippen molar-refractivity contribution in [2.45, 2.75) is 38.3 Å². The summed E-state index contributed by atoms with van der Waals surface area (Å²) >= 11 is 5.19. The van der Waals surface area contributed by atoms with Gasteiger partial charge in [-0.05, 0) is 19.8 Å². The van der Waals surface area contributed by atoms with Crippen LogP contribution in [-0.4, -0.2) is 46.0 Å². The number of nitrogens with zero attached hydrogens (tertiary/aromatic N) is 2. The molecule has 0 amide bonds. The zero-order chi connectivity index (χ0) is 14.4. The normalized spacial score (nSPS) is 19.8. The van der Waals surface area contributed by atoms with Crippen LogP contribution in [0.4, 0.5) is 0 Å². The summed E-state index contributed by atoms with van der Waals surface area (Å²) in [6, 6.07) is -1.48. The second-order valence-electron chi connectivity index (χ2n) is 4.27. The predicted molar refractivity (Wildman–Crippen MR) is 74.6 cm³/mol. The Hall–Kier alpha value is -1.50. The van der Waals surface area contributed by atoms with Gasteiger partial charge < -0.3 is 9.64 Å². The summed E-state index contributed by atoms with van der Waals surface area (Å²) in [6.45, 7) is 6.08. The Labute approximate surface area is 117 Å². The van der Waals surface area contributed by atoms with E-state index in [1.807, 2.05) is 0 Å². The van der Waals surface area contributed by atoms with E-state index in [-0.39, 0.29) is 17.4 Å². The largest absolute Gasteiger partial charge is 0.464 e. The molecule has 0 aliphatic carbocycles. The highest BCUT2D eigenvalue weighted by Crippen LogP contribution is 2.22. The van der Waals surface area contributed by atoms with Crippen molar-refractivity contribution in [2.24, 2.45) is 0 Å². The standard InChI is InChI=1S/C12H18N2O4S/c1-3-6-9(14(16)17)11(19)13-8-5-7-10(13)12(15)18-4-2/h3,9-10H,1,4-8H2,2H3/t9?,10-/m0/s1. The van der Waals surface area contributed by atoms with Crippen LogP contribution >= 0.6 is 12.2 Å². The summed E-state index contributed by atoms with van der Waals surface area (Å²) in [7, 11) is 0. The fraction of sp³-hybridized carbons (Fsp3) is 0.667. The number of ether oxygens (including phenoxy) is 1. The number of carbonyl (C=O) groups excluding carboxylic acids is 1. The van der Waals surface area contributed by atoms with Crippen molar-refractivity contribution in [1.82, 2.24) is 4.90 Å². The van der Waals surface area contributed by atoms with Crippen molar-refractivity contribution in [2.75, 3.05) is 13.2 Å². The number of esters is 1. The van der Waals surface area contributed by atoms with E-state index >= 15 is 0 Å². The Morgan fingerprint density at radius 1 is 1.74 bits per heavy atom. The second-order valence-corrected chi connectivity index (χ2v) is 4.69. The molecule has 2 atom stereocenters. The van der Waals surface area contributed by atoms with Crippen molar-refractivity contribution in [3.8, 4) is 0 Å². The van der Waals surface area contributed by atoms with E-state index in [0.717, 1.165) is 6.42 Å². The van der Waals surface area contributed by atoms with Crippen LogP contribution in [0, 0.1) is 10.1 Å². The lowest BCUT2D eigenvalue weighted by Gasteiger charge is -2.26. The van der Waals surface area contributed by atoms with Gasteiger partial charge in [0.25, 0.3) is 6.04 Å². The first kappa shape index (κ1) is 15.6. The van der Waals surface area contributed by atoms with E-state index in [4.69, 9.17) is 17.0 Å². The van der Waals surface area contributed by atoms with Crippen LogP contribution in [0.5, 0.6) is 0 Å². The molecule has 7 heteroatoms. The fourth-order valence-electron chi connectivity index (χ4n) is 2.14. The van der Waals surface area contributed by atoms with Crippen LogP contribution in [0.3, 0.4) is 0 Å². The molecule has 1 rings (SSSR count). The van der Waals surface area contributed by atoms with Gasteiger partial charge in [0.05, 0.1) is 6.61 Å². The first-order valence-corrected chi connectivity index (χ1v) is 6.65. The Balaban J connectivity index is 2.81. The first-order chi connectivity index (χ1) is 9.02. The third-order valence-electron chi connectivity index (χ3n) is 3.02. The van der Waals surface area contributed by atoms with Gasteiger partial charge in [0.2, 0.25) is 0 Å². The molecule has 0 aromatic heterocycles. The van der Waals surface area contributed by atoms with Gasteiger partial charge in [-0.25, -0.2) is 4.79 Å². The monoisotopic (exact) mass is 286 g/mol. The van der Waals surface area contributed by atoms with Crippen molar-refractivity contribution in [3.05, 3.63) is 22.8 Å². The molecule has 106 valence electrons. The van der Waals surface area contributed by atoms with Gasteiger partial charge in [-0.2, -0.15) is 0 Å². The molecular weight excluding hydrogens is 268 g/mol. The fourth-order valence-corrected chi connectivity index (χ4v) is 2.54. The lowest BCUT2D eigenvalue weighted by Crippen LogP contribution is -2.47. The average molecular weight is 286 g/mol. The SMILES string of the molecule is C=CCC(C(=S)N1CCC[C@H]1C(=O)OCC)[N+](=O)[O-]. The molecular formula is C12H18N2O4S. The van der Waals surface area contributed by atoms with E-state index in [9.17, 15) is 14.9 Å². The topological polar surface area (TPSA) is 72.7 Å². The predicted octanol–water partition coefficient (Wildman–Crippen LogP) is 1.56. The number of carbonyl (C=O) groups is 1. The van der Waals surface area contributed by atoms with E-state index in [2.05, 4.69) is 6.58 Å². The molecule has 19 heavy (non-hydrogen) atoms. The summed E-state index contributed by atoms with van der Waals surface area (Å²) in [5.41, 5.74) is 0. The number of nitro groups is 1. The molecule has 1 aliphatic heterocycles. The number of rotatable bonds is 6. The molecule has 0 saturated carbocycles. The third-order valence-corrected chi connectivity index (χ3v) is 3.53. The van der Waals surface area contributed by atoms with Crippen molar-refractivity contribution in [3.63, 3.8) is 0 Å². The maximum Gasteiger partial charge on any atom is 0.328 e. The smallest absolute Gasteiger partial charge is 0.328 e. The second kappa shape index (κ2) is 7.18. The number of likely N-dealkylation sites (tertiary alicyclic amines) is 1. The van der Waals surface area contributed by atoms with Gasteiger partial charge in [0.1, 0.15) is 6.04 Å². The molecule has 1 fully saturated rings. The zero-order valence-electron chi connectivity index (χ0n) is 10.9. The quantitative estimate of drug-likeness (QED) is 0.242. The van der Waals surface area contributed by atoms with Gasteiger partial charge in [-0.15, -0.1) is 6.58 Å². The number of hydrogen-bond donors (Lipinski definition) is 0. The van der Waals surface area contributed by atoms with Crippen LogP contribution in [-0.2, 0) is 9.53 Å². The summed E-state index contributed by atoms with van der Waals surface area (Å²) in [5, 5.41) is 11.0. The minimum Gasteiger partial charge on any atom is -0.464 e. The van der Waals surface area contributed by atoms with Gasteiger partial charge in [-0.3, -0.25) is 10.1 Å². The van der Waals surface area contributed by atoms with Crippen LogP contribution in [0.1, 0.15) is 26.2 Å². The Morgan fingerprint density at radius 3 is 2.95 bits per heavy atom. The van der Waals surface area contributed by atoms with Crippen molar-refractivity contribution >= 4 is 23.2 Å². The van der Waals surface area contributed by atoms with E-state index in [1.54, 1.807) is 11.8 Å². The third kappa shape index (κ3) is 3.73. The molecule has 1 saturated heterocycles. The van der Waals surface area contributed by atoms with E-state index in [0.29, 0.717) is 19.6 Å². The van der Waals surface area contributed by atoms with Gasteiger partial charge in [0, 0.05) is 17.9 Å². The van der Waals surface area contributed by atoms with Gasteiger partial charge in [0.15, 0.2) is 4.99 Å². The van der Waals surface area contributed by atoms with Crippen LogP contribution in [0.15, 0.2) is 12.7 Å². The summed E-state index contributed by atoms with van der Waals surface area (Å²) in [6.07, 6.45) is 3.03. The average Bonchev–Trinajstić information content (AvgIpc) is 2.84. The van der Waals surface area contributed by atoms with Crippen LogP contribution in [0.2, 0.25) is 0 Å². The highest BCUT2D eigenvalue weighted by Gasteiger charge is 2.39. The molecule has 0 spiro atoms. The molecule has 0 bridgehead atoms. The molecule has 0 N–H and O–H groups in total.